The van der Waals surface area contributed by atoms with Gasteiger partial charge < -0.3 is 31.5 Å². The number of likely N-dealkylation sites (tertiary alicyclic amines) is 2. The highest BCUT2D eigenvalue weighted by atomic mass is 16.2. The first-order valence-electron chi connectivity index (χ1n) is 17.6. The molecule has 0 bridgehead atoms. The second-order valence-electron chi connectivity index (χ2n) is 15.1. The third-order valence-electron chi connectivity index (χ3n) is 11.4. The topological polar surface area (TPSA) is 108 Å². The van der Waals surface area contributed by atoms with Crippen LogP contribution in [-0.4, -0.2) is 73.3 Å². The fraction of sp³-hybridized carbons (Fsp3) is 0.676. The first kappa shape index (κ1) is 33.4. The summed E-state index contributed by atoms with van der Waals surface area (Å²) in [4.78, 5) is 32.8. The van der Waals surface area contributed by atoms with E-state index in [-0.39, 0.29) is 34.8 Å². The molecular formula is C37H58N6O2. The number of nitrogens with zero attached hydrogens (tertiary/aromatic N) is 3. The van der Waals surface area contributed by atoms with E-state index in [1.165, 1.54) is 50.9 Å². The van der Waals surface area contributed by atoms with Gasteiger partial charge in [-0.15, -0.1) is 0 Å². The number of ketones is 1. The van der Waals surface area contributed by atoms with Crippen LogP contribution >= 0.6 is 0 Å². The summed E-state index contributed by atoms with van der Waals surface area (Å²) < 4.78 is 0. The van der Waals surface area contributed by atoms with Crippen molar-refractivity contribution < 1.29 is 9.59 Å². The molecule has 1 amide bonds. The number of nitrogens with two attached hydrogens (primary N) is 2. The van der Waals surface area contributed by atoms with E-state index in [1.807, 2.05) is 6.92 Å². The lowest BCUT2D eigenvalue weighted by Crippen LogP contribution is -2.62. The molecule has 3 aliphatic heterocycles. The van der Waals surface area contributed by atoms with Crippen molar-refractivity contribution in [1.29, 1.82) is 0 Å². The van der Waals surface area contributed by atoms with Crippen molar-refractivity contribution in [3.8, 4) is 0 Å². The fourth-order valence-corrected chi connectivity index (χ4v) is 7.97. The average molecular weight is 619 g/mol. The van der Waals surface area contributed by atoms with Crippen molar-refractivity contribution >= 4 is 17.4 Å². The van der Waals surface area contributed by atoms with Crippen molar-refractivity contribution in [2.75, 3.05) is 50.7 Å². The number of anilines is 1. The van der Waals surface area contributed by atoms with Gasteiger partial charge in [0.05, 0.1) is 11.5 Å². The van der Waals surface area contributed by atoms with Crippen LogP contribution in [0.3, 0.4) is 0 Å². The van der Waals surface area contributed by atoms with Crippen LogP contribution in [0, 0.1) is 23.7 Å². The number of hydrogen-bond acceptors (Lipinski definition) is 7. The molecule has 1 aromatic carbocycles. The standard InChI is InChI=1S/C37H58N6O2/c1-5-27(2)34(44)31-23-30(12-11-28(31)3)42-21-17-37(18-22-42)25-41(26-37)24-36(4)15-19-43(20-16-36)33(39)14-13-32(38)35(45)40-29-9-7-6-8-10-29/h11-14,23,27,29H,5-10,15-22,24-26,38-39H2,1-4H3,(H,40,45)/b32-13-,33-14+. The molecule has 5 N–H and O–H groups in total. The molecule has 248 valence electrons. The average Bonchev–Trinajstić information content (AvgIpc) is 3.03. The molecule has 1 aromatic rings. The van der Waals surface area contributed by atoms with Gasteiger partial charge in [-0.25, -0.2) is 0 Å². The van der Waals surface area contributed by atoms with E-state index >= 15 is 0 Å². The highest BCUT2D eigenvalue weighted by molar-refractivity contribution is 5.99. The molecule has 5 rings (SSSR count). The summed E-state index contributed by atoms with van der Waals surface area (Å²) in [7, 11) is 0. The van der Waals surface area contributed by atoms with Gasteiger partial charge in [0.15, 0.2) is 5.78 Å². The summed E-state index contributed by atoms with van der Waals surface area (Å²) >= 11 is 0. The maximum atomic E-state index is 12.9. The Morgan fingerprint density at radius 1 is 1.00 bits per heavy atom. The number of rotatable bonds is 10. The molecule has 0 radical (unpaired) electrons. The monoisotopic (exact) mass is 618 g/mol. The van der Waals surface area contributed by atoms with E-state index < -0.39 is 0 Å². The highest BCUT2D eigenvalue weighted by Crippen LogP contribution is 2.44. The number of benzene rings is 1. The summed E-state index contributed by atoms with van der Waals surface area (Å²) in [6.07, 6.45) is 14.7. The Bertz CT molecular complexity index is 1260. The predicted molar refractivity (Wildman–Crippen MR) is 184 cm³/mol. The molecule has 0 aromatic heterocycles. The summed E-state index contributed by atoms with van der Waals surface area (Å²) in [5.74, 6) is 0.839. The van der Waals surface area contributed by atoms with Crippen molar-refractivity contribution in [3.63, 3.8) is 0 Å². The van der Waals surface area contributed by atoms with Crippen molar-refractivity contribution in [2.24, 2.45) is 28.2 Å². The smallest absolute Gasteiger partial charge is 0.267 e. The number of aryl methyl sites for hydroxylation is 1. The fourth-order valence-electron chi connectivity index (χ4n) is 7.97. The minimum absolute atomic E-state index is 0.0686. The van der Waals surface area contributed by atoms with Crippen LogP contribution in [-0.2, 0) is 4.79 Å². The quantitative estimate of drug-likeness (QED) is 0.185. The van der Waals surface area contributed by atoms with Crippen LogP contribution in [0.1, 0.15) is 101 Å². The first-order valence-corrected chi connectivity index (χ1v) is 17.6. The Labute approximate surface area is 271 Å². The number of amides is 1. The molecule has 3 saturated heterocycles. The highest BCUT2D eigenvalue weighted by Gasteiger charge is 2.46. The maximum Gasteiger partial charge on any atom is 0.267 e. The lowest BCUT2D eigenvalue weighted by atomic mass is 9.70. The van der Waals surface area contributed by atoms with E-state index in [2.05, 4.69) is 59.0 Å². The van der Waals surface area contributed by atoms with Gasteiger partial charge in [0, 0.05) is 69.0 Å². The number of carbonyl (C=O) groups excluding carboxylic acids is 2. The molecule has 1 atom stereocenters. The molecule has 1 aliphatic carbocycles. The van der Waals surface area contributed by atoms with Gasteiger partial charge in [0.2, 0.25) is 0 Å². The summed E-state index contributed by atoms with van der Waals surface area (Å²) in [5, 5.41) is 3.07. The minimum Gasteiger partial charge on any atom is -0.394 e. The summed E-state index contributed by atoms with van der Waals surface area (Å²) in [6, 6.07) is 6.71. The second-order valence-corrected chi connectivity index (χ2v) is 15.1. The van der Waals surface area contributed by atoms with E-state index in [4.69, 9.17) is 11.5 Å². The van der Waals surface area contributed by atoms with E-state index in [0.29, 0.717) is 11.2 Å². The van der Waals surface area contributed by atoms with Crippen molar-refractivity contribution in [1.82, 2.24) is 15.1 Å². The normalized spacial score (nSPS) is 23.5. The van der Waals surface area contributed by atoms with Gasteiger partial charge in [-0.05, 0) is 92.5 Å². The van der Waals surface area contributed by atoms with E-state index in [9.17, 15) is 9.59 Å². The Hall–Kier alpha value is -3.00. The van der Waals surface area contributed by atoms with Crippen LogP contribution in [0.25, 0.3) is 0 Å². The molecule has 8 nitrogen and oxygen atoms in total. The van der Waals surface area contributed by atoms with Gasteiger partial charge in [-0.2, -0.15) is 0 Å². The van der Waals surface area contributed by atoms with Crippen LogP contribution in [0.2, 0.25) is 0 Å². The third kappa shape index (κ3) is 8.05. The van der Waals surface area contributed by atoms with Crippen molar-refractivity contribution in [2.45, 2.75) is 97.9 Å². The largest absolute Gasteiger partial charge is 0.394 e. The Morgan fingerprint density at radius 3 is 2.31 bits per heavy atom. The summed E-state index contributed by atoms with van der Waals surface area (Å²) in [5.41, 5.74) is 16.6. The Balaban J connectivity index is 1.05. The summed E-state index contributed by atoms with van der Waals surface area (Å²) in [6.45, 7) is 16.1. The predicted octanol–water partition coefficient (Wildman–Crippen LogP) is 5.32. The van der Waals surface area contributed by atoms with Gasteiger partial charge >= 0.3 is 0 Å². The molecule has 45 heavy (non-hydrogen) atoms. The number of allylic oxidation sites excluding steroid dienone is 2. The zero-order chi connectivity index (χ0) is 32.2. The zero-order valence-electron chi connectivity index (χ0n) is 28.4. The van der Waals surface area contributed by atoms with E-state index in [1.54, 1.807) is 12.2 Å². The van der Waals surface area contributed by atoms with Gasteiger partial charge in [-0.1, -0.05) is 46.1 Å². The van der Waals surface area contributed by atoms with Crippen LogP contribution < -0.4 is 21.7 Å². The number of carbonyl (C=O) groups is 2. The van der Waals surface area contributed by atoms with Crippen LogP contribution in [0.5, 0.6) is 0 Å². The van der Waals surface area contributed by atoms with Gasteiger partial charge in [0.1, 0.15) is 0 Å². The van der Waals surface area contributed by atoms with Crippen molar-refractivity contribution in [3.05, 3.63) is 53.0 Å². The lowest BCUT2D eigenvalue weighted by Gasteiger charge is -2.57. The van der Waals surface area contributed by atoms with Crippen LogP contribution in [0.4, 0.5) is 5.69 Å². The number of piperidine rings is 2. The first-order chi connectivity index (χ1) is 21.5. The molecule has 1 unspecified atom stereocenters. The molecule has 4 fully saturated rings. The van der Waals surface area contributed by atoms with Gasteiger partial charge in [-0.3, -0.25) is 9.59 Å². The molecule has 1 spiro atoms. The second kappa shape index (κ2) is 14.2. The number of Topliss-reactive ketones (excluding diaryl/α,β-unsaturated/α-hetero) is 1. The third-order valence-corrected chi connectivity index (χ3v) is 11.4. The maximum absolute atomic E-state index is 12.9. The molecule has 1 saturated carbocycles. The SMILES string of the molecule is CCC(C)C(=O)c1cc(N2CCC3(CC2)CN(CC2(C)CCN(/C(N)=C/C=C(\N)C(=O)NC4CCCCC4)CC2)C3)ccc1C. The van der Waals surface area contributed by atoms with Gasteiger partial charge in [0.25, 0.3) is 5.91 Å². The Kier molecular flexibility index (Phi) is 10.5. The molecule has 8 heteroatoms. The number of hydrogen-bond donors (Lipinski definition) is 3. The van der Waals surface area contributed by atoms with E-state index in [0.717, 1.165) is 76.0 Å². The Morgan fingerprint density at radius 2 is 1.67 bits per heavy atom. The molecule has 4 aliphatic rings. The zero-order valence-corrected chi connectivity index (χ0v) is 28.4. The lowest BCUT2D eigenvalue weighted by molar-refractivity contribution is -0.118. The minimum atomic E-state index is -0.187. The van der Waals surface area contributed by atoms with Crippen LogP contribution in [0.15, 0.2) is 41.9 Å². The molecule has 3 heterocycles. The molecular weight excluding hydrogens is 560 g/mol. The number of nitrogens with one attached hydrogen (secondary N) is 1.